The van der Waals surface area contributed by atoms with Crippen LogP contribution in [0.15, 0.2) is 59.2 Å². The van der Waals surface area contributed by atoms with E-state index in [1.165, 1.54) is 0 Å². The van der Waals surface area contributed by atoms with Crippen molar-refractivity contribution < 1.29 is 4.79 Å². The van der Waals surface area contributed by atoms with Gasteiger partial charge in [-0.1, -0.05) is 51.8 Å². The molecule has 0 fully saturated rings. The number of nitrogens with one attached hydrogen (secondary N) is 1. The first kappa shape index (κ1) is 16.7. The lowest BCUT2D eigenvalue weighted by Gasteiger charge is -2.03. The Morgan fingerprint density at radius 3 is 2.58 bits per heavy atom. The molecule has 0 saturated heterocycles. The molecule has 3 aromatic rings. The molecule has 0 atom stereocenters. The van der Waals surface area contributed by atoms with Gasteiger partial charge in [-0.05, 0) is 29.8 Å². The van der Waals surface area contributed by atoms with Crippen LogP contribution in [0.25, 0.3) is 11.3 Å². The van der Waals surface area contributed by atoms with Gasteiger partial charge in [0.2, 0.25) is 5.62 Å². The van der Waals surface area contributed by atoms with E-state index in [9.17, 15) is 4.79 Å². The highest BCUT2D eigenvalue weighted by molar-refractivity contribution is 9.10. The third-order valence-corrected chi connectivity index (χ3v) is 4.57. The third-order valence-electron chi connectivity index (χ3n) is 3.83. The Balaban J connectivity index is 1.92. The second-order valence-electron chi connectivity index (χ2n) is 5.47. The largest absolute Gasteiger partial charge is 0.314 e. The number of hydrogen-bond acceptors (Lipinski definition) is 2. The zero-order chi connectivity index (χ0) is 17.3. The van der Waals surface area contributed by atoms with Gasteiger partial charge in [-0.15, -0.1) is 0 Å². The van der Waals surface area contributed by atoms with Gasteiger partial charge >= 0.3 is 0 Å². The molecule has 1 N–H and O–H groups in total. The first-order chi connectivity index (χ1) is 11.5. The van der Waals surface area contributed by atoms with E-state index in [-0.39, 0.29) is 17.9 Å². The Morgan fingerprint density at radius 1 is 1.21 bits per heavy atom. The molecule has 0 saturated carbocycles. The normalized spacial score (nSPS) is 10.8. The minimum absolute atomic E-state index is 0.0388. The minimum Gasteiger partial charge on any atom is -0.314 e. The number of Topliss-reactive ketones (excluding diaryl/α,β-unsaturated/α-hetero) is 1. The van der Waals surface area contributed by atoms with Crippen LogP contribution in [-0.2, 0) is 13.6 Å². The summed E-state index contributed by atoms with van der Waals surface area (Å²) in [6.07, 6.45) is 1.82. The lowest BCUT2D eigenvalue weighted by atomic mass is 10.1. The summed E-state index contributed by atoms with van der Waals surface area (Å²) in [4.78, 5) is 12.5. The summed E-state index contributed by atoms with van der Waals surface area (Å²) in [5, 5.41) is 8.91. The number of rotatable bonds is 4. The number of halogens is 2. The first-order valence-corrected chi connectivity index (χ1v) is 8.48. The number of aromatic nitrogens is 2. The summed E-state index contributed by atoms with van der Waals surface area (Å²) in [7, 11) is 1.81. The van der Waals surface area contributed by atoms with Crippen LogP contribution in [0.3, 0.4) is 0 Å². The Bertz CT molecular complexity index is 957. The van der Waals surface area contributed by atoms with E-state index in [1.807, 2.05) is 49.6 Å². The van der Waals surface area contributed by atoms with Crippen molar-refractivity contribution in [3.05, 3.63) is 75.4 Å². The van der Waals surface area contributed by atoms with Gasteiger partial charge in [-0.25, -0.2) is 0 Å². The monoisotopic (exact) mass is 403 g/mol. The number of carbonyl (C=O) groups excluding carboxylic acids is 1. The summed E-state index contributed by atoms with van der Waals surface area (Å²) in [5.74, 6) is -0.0388. The molecule has 0 radical (unpaired) electrons. The number of benzene rings is 2. The number of carbonyl (C=O) groups is 1. The average Bonchev–Trinajstić information content (AvgIpc) is 2.84. The molecule has 0 aliphatic rings. The van der Waals surface area contributed by atoms with E-state index in [0.29, 0.717) is 10.6 Å². The maximum absolute atomic E-state index is 12.5. The maximum Gasteiger partial charge on any atom is 0.202 e. The van der Waals surface area contributed by atoms with Gasteiger partial charge < -0.3 is 9.13 Å². The summed E-state index contributed by atoms with van der Waals surface area (Å²) in [5.41, 5.74) is 2.69. The second-order valence-corrected chi connectivity index (χ2v) is 6.82. The van der Waals surface area contributed by atoms with Crippen LogP contribution in [0.2, 0.25) is 5.02 Å². The molecule has 0 aliphatic heterocycles. The number of nitrogens with zero attached hydrogens (tertiary/aromatic N) is 2. The maximum atomic E-state index is 12.5. The van der Waals surface area contributed by atoms with Crippen LogP contribution >= 0.6 is 27.5 Å². The summed E-state index contributed by atoms with van der Waals surface area (Å²) in [6, 6.07) is 14.7. The predicted octanol–water partition coefficient (Wildman–Crippen LogP) is 4.27. The summed E-state index contributed by atoms with van der Waals surface area (Å²) >= 11 is 9.30. The van der Waals surface area contributed by atoms with Gasteiger partial charge in [0, 0.05) is 28.3 Å². The van der Waals surface area contributed by atoms with E-state index in [1.54, 1.807) is 21.3 Å². The number of ketones is 1. The van der Waals surface area contributed by atoms with Gasteiger partial charge in [0.25, 0.3) is 0 Å². The van der Waals surface area contributed by atoms with Crippen molar-refractivity contribution in [1.82, 2.24) is 9.13 Å². The standard InChI is InChI=1S/C18H15BrClN3O/c1-22-16(12-5-7-15(20)8-6-12)10-23(18(22)21)11-17(24)13-3-2-4-14(19)9-13/h2-10,21H,11H2,1H3. The fraction of sp³-hybridized carbons (Fsp3) is 0.111. The lowest BCUT2D eigenvalue weighted by molar-refractivity contribution is 0.0970. The Hall–Kier alpha value is -2.11. The van der Waals surface area contributed by atoms with Crippen LogP contribution in [0.1, 0.15) is 10.4 Å². The third kappa shape index (κ3) is 3.37. The van der Waals surface area contributed by atoms with E-state index >= 15 is 0 Å². The number of hydrogen-bond donors (Lipinski definition) is 1. The fourth-order valence-corrected chi connectivity index (χ4v) is 3.04. The molecule has 1 heterocycles. The molecular formula is C18H15BrClN3O. The highest BCUT2D eigenvalue weighted by atomic mass is 79.9. The smallest absolute Gasteiger partial charge is 0.202 e. The lowest BCUT2D eigenvalue weighted by Crippen LogP contribution is -2.25. The summed E-state index contributed by atoms with van der Waals surface area (Å²) < 4.78 is 4.25. The molecule has 6 heteroatoms. The molecule has 0 spiro atoms. The molecule has 1 aromatic heterocycles. The van der Waals surface area contributed by atoms with E-state index in [4.69, 9.17) is 17.0 Å². The van der Waals surface area contributed by atoms with Crippen molar-refractivity contribution in [3.8, 4) is 11.3 Å². The van der Waals surface area contributed by atoms with Crippen molar-refractivity contribution in [1.29, 1.82) is 5.41 Å². The van der Waals surface area contributed by atoms with Crippen molar-refractivity contribution in [2.24, 2.45) is 7.05 Å². The fourth-order valence-electron chi connectivity index (χ4n) is 2.52. The van der Waals surface area contributed by atoms with Crippen LogP contribution in [0, 0.1) is 5.41 Å². The van der Waals surface area contributed by atoms with E-state index in [0.717, 1.165) is 15.7 Å². The van der Waals surface area contributed by atoms with Gasteiger partial charge in [0.05, 0.1) is 12.2 Å². The van der Waals surface area contributed by atoms with E-state index < -0.39 is 0 Å². The SMILES string of the molecule is Cn1c(-c2ccc(Cl)cc2)cn(CC(=O)c2cccc(Br)c2)c1=N. The molecular weight excluding hydrogens is 390 g/mol. The highest BCUT2D eigenvalue weighted by Gasteiger charge is 2.12. The quantitative estimate of drug-likeness (QED) is 0.649. The van der Waals surface area contributed by atoms with Crippen molar-refractivity contribution in [2.45, 2.75) is 6.54 Å². The minimum atomic E-state index is -0.0388. The Morgan fingerprint density at radius 2 is 1.92 bits per heavy atom. The Labute approximate surface area is 153 Å². The van der Waals surface area contributed by atoms with Crippen LogP contribution < -0.4 is 5.62 Å². The zero-order valence-electron chi connectivity index (χ0n) is 13.0. The molecule has 0 bridgehead atoms. The van der Waals surface area contributed by atoms with Gasteiger partial charge in [0.15, 0.2) is 5.78 Å². The molecule has 0 aliphatic carbocycles. The topological polar surface area (TPSA) is 50.8 Å². The van der Waals surface area contributed by atoms with Crippen molar-refractivity contribution in [2.75, 3.05) is 0 Å². The van der Waals surface area contributed by atoms with E-state index in [2.05, 4.69) is 15.9 Å². The van der Waals surface area contributed by atoms with Gasteiger partial charge in [-0.2, -0.15) is 0 Å². The molecule has 24 heavy (non-hydrogen) atoms. The van der Waals surface area contributed by atoms with Crippen LogP contribution in [0.4, 0.5) is 0 Å². The molecule has 122 valence electrons. The second kappa shape index (κ2) is 6.79. The van der Waals surface area contributed by atoms with Crippen LogP contribution in [-0.4, -0.2) is 14.9 Å². The molecule has 4 nitrogen and oxygen atoms in total. The molecule has 3 rings (SSSR count). The highest BCUT2D eigenvalue weighted by Crippen LogP contribution is 2.20. The van der Waals surface area contributed by atoms with Gasteiger partial charge in [-0.3, -0.25) is 10.2 Å². The number of imidazole rings is 1. The Kier molecular flexibility index (Phi) is 4.73. The zero-order valence-corrected chi connectivity index (χ0v) is 15.3. The average molecular weight is 405 g/mol. The van der Waals surface area contributed by atoms with Crippen molar-refractivity contribution >= 4 is 33.3 Å². The van der Waals surface area contributed by atoms with Gasteiger partial charge in [0.1, 0.15) is 0 Å². The molecule has 0 unspecified atom stereocenters. The first-order valence-electron chi connectivity index (χ1n) is 7.31. The van der Waals surface area contributed by atoms with Crippen LogP contribution in [0.5, 0.6) is 0 Å². The van der Waals surface area contributed by atoms with Crippen molar-refractivity contribution in [3.63, 3.8) is 0 Å². The predicted molar refractivity (Wildman–Crippen MR) is 98.2 cm³/mol. The summed E-state index contributed by atoms with van der Waals surface area (Å²) in [6.45, 7) is 0.122. The molecule has 2 aromatic carbocycles. The molecule has 0 amide bonds.